The van der Waals surface area contributed by atoms with Gasteiger partial charge < -0.3 is 10.6 Å². The molecule has 1 aliphatic rings. The van der Waals surface area contributed by atoms with Crippen LogP contribution in [-0.2, 0) is 6.18 Å². The van der Waals surface area contributed by atoms with Crippen molar-refractivity contribution in [3.63, 3.8) is 0 Å². The van der Waals surface area contributed by atoms with Crippen LogP contribution in [0.1, 0.15) is 41.7 Å². The lowest BCUT2D eigenvalue weighted by Gasteiger charge is -2.16. The van der Waals surface area contributed by atoms with Crippen LogP contribution in [0.3, 0.4) is 0 Å². The molecule has 0 radical (unpaired) electrons. The van der Waals surface area contributed by atoms with E-state index in [1.165, 1.54) is 0 Å². The molecule has 144 valence electrons. The fourth-order valence-corrected chi connectivity index (χ4v) is 3.34. The number of nitrogens with one attached hydrogen (secondary N) is 2. The van der Waals surface area contributed by atoms with Gasteiger partial charge in [-0.15, -0.1) is 0 Å². The fraction of sp³-hybridized carbons (Fsp3) is 0.389. The zero-order valence-corrected chi connectivity index (χ0v) is 15.1. The maximum Gasteiger partial charge on any atom is 0.434 e. The molecule has 9 heteroatoms. The van der Waals surface area contributed by atoms with Crippen LogP contribution < -0.4 is 10.6 Å². The van der Waals surface area contributed by atoms with Crippen molar-refractivity contribution in [1.82, 2.24) is 15.3 Å². The van der Waals surface area contributed by atoms with Gasteiger partial charge in [0.05, 0.1) is 0 Å². The summed E-state index contributed by atoms with van der Waals surface area (Å²) in [5, 5.41) is 4.66. The molecular weight excluding hydrogens is 381 g/mol. The third-order valence-electron chi connectivity index (χ3n) is 4.42. The Hall–Kier alpha value is -2.35. The minimum Gasteiger partial charge on any atom is -0.352 e. The number of benzene rings is 1. The van der Waals surface area contributed by atoms with Gasteiger partial charge in [-0.05, 0) is 30.9 Å². The van der Waals surface area contributed by atoms with Gasteiger partial charge in [0.2, 0.25) is 5.95 Å². The smallest absolute Gasteiger partial charge is 0.352 e. The van der Waals surface area contributed by atoms with Gasteiger partial charge in [0.25, 0.3) is 5.91 Å². The number of rotatable bonds is 5. The first-order chi connectivity index (χ1) is 12.8. The number of aromatic nitrogens is 2. The van der Waals surface area contributed by atoms with Crippen molar-refractivity contribution in [2.75, 3.05) is 11.9 Å². The molecule has 0 atom stereocenters. The van der Waals surface area contributed by atoms with E-state index in [4.69, 9.17) is 11.6 Å². The Balaban J connectivity index is 1.86. The zero-order valence-electron chi connectivity index (χ0n) is 14.3. The minimum absolute atomic E-state index is 0.280. The minimum atomic E-state index is -4.85. The van der Waals surface area contributed by atoms with Crippen LogP contribution in [0, 0.1) is 5.92 Å². The Morgan fingerprint density at radius 1 is 1.15 bits per heavy atom. The number of hydrogen-bond acceptors (Lipinski definition) is 4. The molecule has 5 nitrogen and oxygen atoms in total. The molecule has 0 aliphatic heterocycles. The number of halogens is 4. The molecule has 0 unspecified atom stereocenters. The van der Waals surface area contributed by atoms with Crippen LogP contribution in [-0.4, -0.2) is 22.4 Å². The number of amides is 1. The van der Waals surface area contributed by atoms with Crippen LogP contribution in [0.2, 0.25) is 5.15 Å². The predicted molar refractivity (Wildman–Crippen MR) is 96.1 cm³/mol. The van der Waals surface area contributed by atoms with E-state index in [9.17, 15) is 18.0 Å². The molecule has 3 rings (SSSR count). The fourth-order valence-electron chi connectivity index (χ4n) is 3.09. The summed E-state index contributed by atoms with van der Waals surface area (Å²) >= 11 is 5.95. The lowest BCUT2D eigenvalue weighted by Crippen LogP contribution is -2.31. The quantitative estimate of drug-likeness (QED) is 0.709. The third-order valence-corrected chi connectivity index (χ3v) is 4.69. The van der Waals surface area contributed by atoms with Crippen LogP contribution in [0.15, 0.2) is 30.3 Å². The molecular formula is C18H18ClF3N4O. The lowest BCUT2D eigenvalue weighted by molar-refractivity contribution is -0.141. The molecule has 0 saturated heterocycles. The average molecular weight is 399 g/mol. The Morgan fingerprint density at radius 3 is 2.44 bits per heavy atom. The van der Waals surface area contributed by atoms with Gasteiger partial charge in [-0.2, -0.15) is 18.2 Å². The van der Waals surface area contributed by atoms with E-state index in [-0.39, 0.29) is 11.9 Å². The molecule has 0 spiro atoms. The van der Waals surface area contributed by atoms with Crippen LogP contribution in [0.4, 0.5) is 24.8 Å². The van der Waals surface area contributed by atoms with Crippen LogP contribution >= 0.6 is 11.6 Å². The van der Waals surface area contributed by atoms with Crippen molar-refractivity contribution >= 4 is 29.1 Å². The van der Waals surface area contributed by atoms with Gasteiger partial charge in [-0.1, -0.05) is 42.6 Å². The van der Waals surface area contributed by atoms with Crippen LogP contribution in [0.25, 0.3) is 0 Å². The van der Waals surface area contributed by atoms with Crippen molar-refractivity contribution in [3.8, 4) is 0 Å². The van der Waals surface area contributed by atoms with Crippen molar-refractivity contribution in [1.29, 1.82) is 0 Å². The number of hydrogen-bond donors (Lipinski definition) is 2. The van der Waals surface area contributed by atoms with Crippen molar-refractivity contribution in [2.24, 2.45) is 5.92 Å². The summed E-state index contributed by atoms with van der Waals surface area (Å²) in [6.45, 7) is 0.316. The van der Waals surface area contributed by atoms with E-state index in [1.54, 1.807) is 30.3 Å². The third kappa shape index (κ3) is 4.88. The Kier molecular flexibility index (Phi) is 5.84. The second-order valence-corrected chi connectivity index (χ2v) is 6.77. The normalized spacial score (nSPS) is 15.0. The second-order valence-electron chi connectivity index (χ2n) is 6.41. The highest BCUT2D eigenvalue weighted by Crippen LogP contribution is 2.34. The maximum atomic E-state index is 13.5. The summed E-state index contributed by atoms with van der Waals surface area (Å²) in [5.74, 6) is -0.960. The molecule has 1 heterocycles. The largest absolute Gasteiger partial charge is 0.434 e. The molecule has 1 saturated carbocycles. The Bertz CT molecular complexity index is 808. The topological polar surface area (TPSA) is 66.9 Å². The molecule has 27 heavy (non-hydrogen) atoms. The number of nitrogens with zero attached hydrogens (tertiary/aromatic N) is 2. The summed E-state index contributed by atoms with van der Waals surface area (Å²) in [5.41, 5.74) is -1.61. The Morgan fingerprint density at radius 2 is 1.81 bits per heavy atom. The van der Waals surface area contributed by atoms with E-state index < -0.39 is 28.5 Å². The summed E-state index contributed by atoms with van der Waals surface area (Å²) in [6.07, 6.45) is -0.803. The average Bonchev–Trinajstić information content (AvgIpc) is 3.13. The monoisotopic (exact) mass is 398 g/mol. The van der Waals surface area contributed by atoms with E-state index in [2.05, 4.69) is 20.6 Å². The molecule has 1 fully saturated rings. The summed E-state index contributed by atoms with van der Waals surface area (Å²) < 4.78 is 40.5. The van der Waals surface area contributed by atoms with Gasteiger partial charge in [-0.25, -0.2) is 4.98 Å². The van der Waals surface area contributed by atoms with Crippen molar-refractivity contribution in [2.45, 2.75) is 31.9 Å². The van der Waals surface area contributed by atoms with Crippen LogP contribution in [0.5, 0.6) is 0 Å². The molecule has 1 aromatic heterocycles. The van der Waals surface area contributed by atoms with Gasteiger partial charge in [-0.3, -0.25) is 4.79 Å². The van der Waals surface area contributed by atoms with Gasteiger partial charge in [0, 0.05) is 12.2 Å². The van der Waals surface area contributed by atoms with E-state index >= 15 is 0 Å². The van der Waals surface area contributed by atoms with E-state index in [0.29, 0.717) is 12.2 Å². The molecule has 0 bridgehead atoms. The van der Waals surface area contributed by atoms with Gasteiger partial charge in [0.1, 0.15) is 10.7 Å². The summed E-state index contributed by atoms with van der Waals surface area (Å²) in [6, 6.07) is 8.47. The molecule has 1 aromatic carbocycles. The number of carbonyl (C=O) groups excluding carboxylic acids is 1. The van der Waals surface area contributed by atoms with Gasteiger partial charge >= 0.3 is 6.18 Å². The molecule has 1 amide bonds. The van der Waals surface area contributed by atoms with Crippen molar-refractivity contribution < 1.29 is 18.0 Å². The Labute approximate surface area is 159 Å². The first-order valence-electron chi connectivity index (χ1n) is 8.59. The number of carbonyl (C=O) groups is 1. The molecule has 2 N–H and O–H groups in total. The first-order valence-corrected chi connectivity index (χ1v) is 8.97. The standard InChI is InChI=1S/C18H18ClF3N4O/c19-15-13(16(27)23-10-11-6-4-5-7-11)14(18(20,21)22)25-17(26-15)24-12-8-2-1-3-9-12/h1-3,8-9,11H,4-7,10H2,(H,23,27)(H,24,25,26). The highest BCUT2D eigenvalue weighted by Gasteiger charge is 2.40. The summed E-state index contributed by atoms with van der Waals surface area (Å²) in [4.78, 5) is 19.7. The van der Waals surface area contributed by atoms with Crippen molar-refractivity contribution in [3.05, 3.63) is 46.7 Å². The molecule has 1 aliphatic carbocycles. The van der Waals surface area contributed by atoms with Gasteiger partial charge in [0.15, 0.2) is 5.69 Å². The van der Waals surface area contributed by atoms with E-state index in [1.807, 2.05) is 0 Å². The number of alkyl halides is 3. The van der Waals surface area contributed by atoms with E-state index in [0.717, 1.165) is 25.7 Å². The number of para-hydroxylation sites is 1. The molecule has 2 aromatic rings. The predicted octanol–water partition coefficient (Wildman–Crippen LogP) is 4.81. The second kappa shape index (κ2) is 8.12. The number of anilines is 2. The lowest BCUT2D eigenvalue weighted by atomic mass is 10.1. The highest BCUT2D eigenvalue weighted by atomic mass is 35.5. The SMILES string of the molecule is O=C(NCC1CCCC1)c1c(Cl)nc(Nc2ccccc2)nc1C(F)(F)F. The first kappa shape index (κ1) is 19.4. The summed E-state index contributed by atoms with van der Waals surface area (Å²) in [7, 11) is 0. The zero-order chi connectivity index (χ0) is 19.4. The maximum absolute atomic E-state index is 13.5. The highest BCUT2D eigenvalue weighted by molar-refractivity contribution is 6.33.